The Morgan fingerprint density at radius 1 is 1.46 bits per heavy atom. The van der Waals surface area contributed by atoms with E-state index < -0.39 is 0 Å². The third kappa shape index (κ3) is 3.94. The van der Waals surface area contributed by atoms with Gasteiger partial charge in [-0.1, -0.05) is 38.5 Å². The molecule has 0 bridgehead atoms. The Morgan fingerprint density at radius 3 is 2.54 bits per heavy atom. The molecule has 0 spiro atoms. The molecular formula is C12H19N. The van der Waals surface area contributed by atoms with E-state index in [1.807, 2.05) is 12.2 Å². The van der Waals surface area contributed by atoms with Gasteiger partial charge in [-0.15, -0.1) is 6.58 Å². The average molecular weight is 177 g/mol. The molecule has 0 saturated heterocycles. The van der Waals surface area contributed by atoms with Gasteiger partial charge in [-0.3, -0.25) is 0 Å². The number of nitrogens with zero attached hydrogens (tertiary/aromatic N) is 1. The van der Waals surface area contributed by atoms with Crippen molar-refractivity contribution in [3.8, 4) is 6.07 Å². The number of hydrogen-bond donors (Lipinski definition) is 0. The zero-order chi connectivity index (χ0) is 10.2. The van der Waals surface area contributed by atoms with Crippen LogP contribution in [0.4, 0.5) is 0 Å². The second-order valence-corrected chi connectivity index (χ2v) is 3.32. The van der Waals surface area contributed by atoms with Crippen LogP contribution in [0.2, 0.25) is 0 Å². The highest BCUT2D eigenvalue weighted by molar-refractivity contribution is 5.14. The van der Waals surface area contributed by atoms with E-state index in [0.717, 1.165) is 25.7 Å². The summed E-state index contributed by atoms with van der Waals surface area (Å²) in [6, 6.07) is 2.39. The van der Waals surface area contributed by atoms with Crippen molar-refractivity contribution in [3.63, 3.8) is 0 Å². The van der Waals surface area contributed by atoms with Gasteiger partial charge in [0.1, 0.15) is 0 Å². The molecule has 0 N–H and O–H groups in total. The predicted molar refractivity (Wildman–Crippen MR) is 57.2 cm³/mol. The van der Waals surface area contributed by atoms with Gasteiger partial charge >= 0.3 is 0 Å². The summed E-state index contributed by atoms with van der Waals surface area (Å²) in [6.07, 6.45) is 9.65. The fraction of sp³-hybridized carbons (Fsp3) is 0.583. The lowest BCUT2D eigenvalue weighted by Gasteiger charge is -2.20. The summed E-state index contributed by atoms with van der Waals surface area (Å²) in [4.78, 5) is 0. The minimum Gasteiger partial charge on any atom is -0.197 e. The zero-order valence-corrected chi connectivity index (χ0v) is 8.71. The van der Waals surface area contributed by atoms with Crippen molar-refractivity contribution in [2.24, 2.45) is 5.41 Å². The highest BCUT2D eigenvalue weighted by atomic mass is 14.3. The summed E-state index contributed by atoms with van der Waals surface area (Å²) in [5.41, 5.74) is -0.299. The fourth-order valence-electron chi connectivity index (χ4n) is 1.44. The highest BCUT2D eigenvalue weighted by Gasteiger charge is 2.23. The maximum Gasteiger partial charge on any atom is 0.0787 e. The molecular weight excluding hydrogens is 158 g/mol. The molecule has 0 saturated carbocycles. The van der Waals surface area contributed by atoms with Crippen LogP contribution in [0, 0.1) is 16.7 Å². The van der Waals surface area contributed by atoms with Crippen LogP contribution >= 0.6 is 0 Å². The smallest absolute Gasteiger partial charge is 0.0787 e. The molecule has 0 aliphatic heterocycles. The van der Waals surface area contributed by atoms with Crippen LogP contribution in [0.25, 0.3) is 0 Å². The molecule has 0 aliphatic rings. The van der Waals surface area contributed by atoms with Crippen molar-refractivity contribution in [1.82, 2.24) is 0 Å². The average Bonchev–Trinajstić information content (AvgIpc) is 2.15. The van der Waals surface area contributed by atoms with Crippen LogP contribution in [0.1, 0.15) is 39.5 Å². The Bertz CT molecular complexity index is 210. The van der Waals surface area contributed by atoms with Crippen molar-refractivity contribution in [1.29, 1.82) is 5.26 Å². The van der Waals surface area contributed by atoms with Crippen molar-refractivity contribution < 1.29 is 0 Å². The first-order chi connectivity index (χ1) is 6.24. The second-order valence-electron chi connectivity index (χ2n) is 3.32. The van der Waals surface area contributed by atoms with Gasteiger partial charge in [0.15, 0.2) is 0 Å². The van der Waals surface area contributed by atoms with E-state index in [2.05, 4.69) is 32.6 Å². The van der Waals surface area contributed by atoms with Gasteiger partial charge in [-0.05, 0) is 19.3 Å². The quantitative estimate of drug-likeness (QED) is 0.565. The standard InChI is InChI=1S/C12H19N/c1-4-7-10-12(11-13,8-5-2)9-6-3/h5,7,10H,2,4,6,8-9H2,1,3H3/b10-7+. The third-order valence-electron chi connectivity index (χ3n) is 2.10. The van der Waals surface area contributed by atoms with Gasteiger partial charge < -0.3 is 0 Å². The molecule has 0 aromatic carbocycles. The Balaban J connectivity index is 4.55. The number of hydrogen-bond acceptors (Lipinski definition) is 1. The molecule has 0 aromatic rings. The maximum atomic E-state index is 9.12. The molecule has 72 valence electrons. The SMILES string of the molecule is C=CCC(C#N)(/C=C/CC)CCC. The lowest BCUT2D eigenvalue weighted by molar-refractivity contribution is 0.462. The Labute approximate surface area is 81.8 Å². The normalized spacial score (nSPS) is 15.2. The molecule has 0 aliphatic carbocycles. The summed E-state index contributed by atoms with van der Waals surface area (Å²) < 4.78 is 0. The van der Waals surface area contributed by atoms with Gasteiger partial charge in [-0.2, -0.15) is 5.26 Å². The van der Waals surface area contributed by atoms with Crippen LogP contribution in [0.3, 0.4) is 0 Å². The Morgan fingerprint density at radius 2 is 2.15 bits per heavy atom. The summed E-state index contributed by atoms with van der Waals surface area (Å²) >= 11 is 0. The Kier molecular flexibility index (Phi) is 5.97. The third-order valence-corrected chi connectivity index (χ3v) is 2.10. The number of rotatable bonds is 6. The molecule has 0 aromatic heterocycles. The van der Waals surface area contributed by atoms with E-state index in [0.29, 0.717) is 0 Å². The molecule has 1 unspecified atom stereocenters. The molecule has 0 rings (SSSR count). The summed E-state index contributed by atoms with van der Waals surface area (Å²) in [7, 11) is 0. The van der Waals surface area contributed by atoms with Crippen molar-refractivity contribution in [2.75, 3.05) is 0 Å². The largest absolute Gasteiger partial charge is 0.197 e. The van der Waals surface area contributed by atoms with Crippen LogP contribution in [-0.4, -0.2) is 0 Å². The van der Waals surface area contributed by atoms with E-state index in [-0.39, 0.29) is 5.41 Å². The van der Waals surface area contributed by atoms with E-state index in [1.165, 1.54) is 0 Å². The molecule has 1 nitrogen and oxygen atoms in total. The molecule has 0 radical (unpaired) electrons. The monoisotopic (exact) mass is 177 g/mol. The van der Waals surface area contributed by atoms with E-state index in [4.69, 9.17) is 5.26 Å². The van der Waals surface area contributed by atoms with Gasteiger partial charge in [0.05, 0.1) is 11.5 Å². The van der Waals surface area contributed by atoms with Gasteiger partial charge in [-0.25, -0.2) is 0 Å². The second kappa shape index (κ2) is 6.48. The first-order valence-corrected chi connectivity index (χ1v) is 4.94. The minimum absolute atomic E-state index is 0.299. The fourth-order valence-corrected chi connectivity index (χ4v) is 1.44. The molecule has 1 heteroatoms. The first kappa shape index (κ1) is 12.0. The van der Waals surface area contributed by atoms with Gasteiger partial charge in [0.2, 0.25) is 0 Å². The molecule has 13 heavy (non-hydrogen) atoms. The molecule has 1 atom stereocenters. The van der Waals surface area contributed by atoms with Gasteiger partial charge in [0, 0.05) is 0 Å². The van der Waals surface area contributed by atoms with Gasteiger partial charge in [0.25, 0.3) is 0 Å². The lowest BCUT2D eigenvalue weighted by atomic mass is 9.81. The van der Waals surface area contributed by atoms with Crippen molar-refractivity contribution in [3.05, 3.63) is 24.8 Å². The number of nitriles is 1. The summed E-state index contributed by atoms with van der Waals surface area (Å²) in [5, 5.41) is 9.12. The zero-order valence-electron chi connectivity index (χ0n) is 8.71. The van der Waals surface area contributed by atoms with Crippen LogP contribution in [-0.2, 0) is 0 Å². The highest BCUT2D eigenvalue weighted by Crippen LogP contribution is 2.29. The maximum absolute atomic E-state index is 9.12. The molecule has 0 amide bonds. The van der Waals surface area contributed by atoms with E-state index in [9.17, 15) is 0 Å². The Hall–Kier alpha value is -1.03. The van der Waals surface area contributed by atoms with Crippen LogP contribution < -0.4 is 0 Å². The first-order valence-electron chi connectivity index (χ1n) is 4.94. The molecule has 0 heterocycles. The summed E-state index contributed by atoms with van der Waals surface area (Å²) in [5.74, 6) is 0. The van der Waals surface area contributed by atoms with E-state index >= 15 is 0 Å². The summed E-state index contributed by atoms with van der Waals surface area (Å²) in [6.45, 7) is 7.89. The van der Waals surface area contributed by atoms with Crippen LogP contribution in [0.5, 0.6) is 0 Å². The molecule has 0 fully saturated rings. The van der Waals surface area contributed by atoms with Crippen LogP contribution in [0.15, 0.2) is 24.8 Å². The van der Waals surface area contributed by atoms with Crippen molar-refractivity contribution in [2.45, 2.75) is 39.5 Å². The van der Waals surface area contributed by atoms with Crippen molar-refractivity contribution >= 4 is 0 Å². The van der Waals surface area contributed by atoms with E-state index in [1.54, 1.807) is 0 Å². The number of allylic oxidation sites excluding steroid dienone is 3. The minimum atomic E-state index is -0.299. The predicted octanol–water partition coefficient (Wildman–Crippen LogP) is 3.84. The topological polar surface area (TPSA) is 23.8 Å². The lowest BCUT2D eigenvalue weighted by Crippen LogP contribution is -2.13.